The molecule has 0 bridgehead atoms. The number of aryl methyl sites for hydroxylation is 1. The van der Waals surface area contributed by atoms with E-state index < -0.39 is 0 Å². The van der Waals surface area contributed by atoms with Gasteiger partial charge in [-0.05, 0) is 23.4 Å². The van der Waals surface area contributed by atoms with Crippen LogP contribution >= 0.6 is 22.9 Å². The predicted molar refractivity (Wildman–Crippen MR) is 72.5 cm³/mol. The molecule has 0 aliphatic carbocycles. The predicted octanol–water partition coefficient (Wildman–Crippen LogP) is 2.95. The fraction of sp³-hybridized carbons (Fsp3) is 0.273. The van der Waals surface area contributed by atoms with Gasteiger partial charge in [-0.25, -0.2) is 4.98 Å². The fourth-order valence-electron chi connectivity index (χ4n) is 1.53. The van der Waals surface area contributed by atoms with Crippen LogP contribution in [0.5, 0.6) is 0 Å². The molecule has 2 rings (SSSR count). The zero-order valence-electron chi connectivity index (χ0n) is 9.40. The molecule has 0 amide bonds. The van der Waals surface area contributed by atoms with Crippen LogP contribution in [0.1, 0.15) is 17.4 Å². The highest BCUT2D eigenvalue weighted by molar-refractivity contribution is 7.10. The highest BCUT2D eigenvalue weighted by atomic mass is 35.5. The SMILES string of the molecule is CCc1ccsc1CNc1cc(Cl)nc(N)n1. The first kappa shape index (κ1) is 12.1. The van der Waals surface area contributed by atoms with E-state index in [0.29, 0.717) is 11.0 Å². The number of thiophene rings is 1. The molecule has 4 nitrogen and oxygen atoms in total. The minimum Gasteiger partial charge on any atom is -0.368 e. The maximum Gasteiger partial charge on any atom is 0.223 e. The average Bonchev–Trinajstić information content (AvgIpc) is 2.72. The zero-order valence-corrected chi connectivity index (χ0v) is 11.0. The molecule has 90 valence electrons. The number of nitrogens with zero attached hydrogens (tertiary/aromatic N) is 2. The molecule has 2 aromatic rings. The molecule has 0 atom stereocenters. The van der Waals surface area contributed by atoms with Crippen LogP contribution in [-0.4, -0.2) is 9.97 Å². The first-order chi connectivity index (χ1) is 8.19. The summed E-state index contributed by atoms with van der Waals surface area (Å²) in [5, 5.41) is 5.64. The topological polar surface area (TPSA) is 63.8 Å². The number of aromatic nitrogens is 2. The quantitative estimate of drug-likeness (QED) is 0.837. The molecule has 0 unspecified atom stereocenters. The van der Waals surface area contributed by atoms with Crippen molar-refractivity contribution >= 4 is 34.7 Å². The van der Waals surface area contributed by atoms with Crippen LogP contribution in [0.25, 0.3) is 0 Å². The lowest BCUT2D eigenvalue weighted by Gasteiger charge is -2.06. The Kier molecular flexibility index (Phi) is 3.81. The number of anilines is 2. The van der Waals surface area contributed by atoms with E-state index in [0.717, 1.165) is 13.0 Å². The van der Waals surface area contributed by atoms with E-state index in [1.165, 1.54) is 10.4 Å². The molecule has 0 aliphatic rings. The lowest BCUT2D eigenvalue weighted by molar-refractivity contribution is 1.06. The van der Waals surface area contributed by atoms with E-state index >= 15 is 0 Å². The van der Waals surface area contributed by atoms with Gasteiger partial charge >= 0.3 is 0 Å². The average molecular weight is 269 g/mol. The molecule has 2 heterocycles. The molecule has 3 N–H and O–H groups in total. The molecule has 0 radical (unpaired) electrons. The molecular weight excluding hydrogens is 256 g/mol. The number of nitrogen functional groups attached to an aromatic ring is 1. The minimum absolute atomic E-state index is 0.182. The highest BCUT2D eigenvalue weighted by Gasteiger charge is 2.04. The second-order valence-corrected chi connectivity index (χ2v) is 4.90. The summed E-state index contributed by atoms with van der Waals surface area (Å²) < 4.78 is 0. The molecule has 0 aliphatic heterocycles. The van der Waals surface area contributed by atoms with Crippen LogP contribution in [0.4, 0.5) is 11.8 Å². The Bertz CT molecular complexity index is 492. The number of hydrogen-bond acceptors (Lipinski definition) is 5. The molecule has 0 spiro atoms. The molecule has 0 saturated carbocycles. The summed E-state index contributed by atoms with van der Waals surface area (Å²) >= 11 is 7.53. The lowest BCUT2D eigenvalue weighted by atomic mass is 10.2. The Balaban J connectivity index is 2.07. The summed E-state index contributed by atoms with van der Waals surface area (Å²) in [5.74, 6) is 0.833. The first-order valence-corrected chi connectivity index (χ1v) is 6.54. The molecule has 6 heteroatoms. The van der Waals surface area contributed by atoms with Crippen LogP contribution in [-0.2, 0) is 13.0 Å². The van der Waals surface area contributed by atoms with Crippen LogP contribution in [0, 0.1) is 0 Å². The van der Waals surface area contributed by atoms with Crippen molar-refractivity contribution in [2.75, 3.05) is 11.1 Å². The third kappa shape index (κ3) is 3.08. The van der Waals surface area contributed by atoms with Crippen molar-refractivity contribution in [3.8, 4) is 0 Å². The molecule has 17 heavy (non-hydrogen) atoms. The fourth-order valence-corrected chi connectivity index (χ4v) is 2.64. The van der Waals surface area contributed by atoms with Gasteiger partial charge < -0.3 is 11.1 Å². The Labute approximate surface area is 109 Å². The smallest absolute Gasteiger partial charge is 0.223 e. The van der Waals surface area contributed by atoms with Gasteiger partial charge in [0.2, 0.25) is 5.95 Å². The highest BCUT2D eigenvalue weighted by Crippen LogP contribution is 2.19. The van der Waals surface area contributed by atoms with Gasteiger partial charge in [-0.2, -0.15) is 4.98 Å². The molecule has 0 fully saturated rings. The second kappa shape index (κ2) is 5.33. The van der Waals surface area contributed by atoms with Crippen molar-refractivity contribution in [3.63, 3.8) is 0 Å². The molecule has 0 aromatic carbocycles. The monoisotopic (exact) mass is 268 g/mol. The first-order valence-electron chi connectivity index (χ1n) is 5.28. The third-order valence-electron chi connectivity index (χ3n) is 2.36. The van der Waals surface area contributed by atoms with Gasteiger partial charge in [0.25, 0.3) is 0 Å². The van der Waals surface area contributed by atoms with E-state index in [4.69, 9.17) is 17.3 Å². The van der Waals surface area contributed by atoms with Crippen LogP contribution < -0.4 is 11.1 Å². The zero-order chi connectivity index (χ0) is 12.3. The number of halogens is 1. The molecule has 0 saturated heterocycles. The second-order valence-electron chi connectivity index (χ2n) is 3.51. The van der Waals surface area contributed by atoms with E-state index in [2.05, 4.69) is 33.7 Å². The number of nitrogens with one attached hydrogen (secondary N) is 1. The Morgan fingerprint density at radius 2 is 2.29 bits per heavy atom. The van der Waals surface area contributed by atoms with Crippen LogP contribution in [0.3, 0.4) is 0 Å². The third-order valence-corrected chi connectivity index (χ3v) is 3.52. The normalized spacial score (nSPS) is 10.5. The minimum atomic E-state index is 0.182. The lowest BCUT2D eigenvalue weighted by Crippen LogP contribution is -2.04. The van der Waals surface area contributed by atoms with Crippen molar-refractivity contribution in [2.24, 2.45) is 0 Å². The van der Waals surface area contributed by atoms with Gasteiger partial charge in [0.15, 0.2) is 0 Å². The van der Waals surface area contributed by atoms with E-state index in [1.54, 1.807) is 17.4 Å². The maximum absolute atomic E-state index is 5.80. The summed E-state index contributed by atoms with van der Waals surface area (Å²) in [4.78, 5) is 9.18. The van der Waals surface area contributed by atoms with E-state index in [-0.39, 0.29) is 5.95 Å². The number of hydrogen-bond donors (Lipinski definition) is 2. The maximum atomic E-state index is 5.80. The Morgan fingerprint density at radius 3 is 3.00 bits per heavy atom. The Morgan fingerprint density at radius 1 is 1.47 bits per heavy atom. The number of rotatable bonds is 4. The largest absolute Gasteiger partial charge is 0.368 e. The molecule has 2 aromatic heterocycles. The van der Waals surface area contributed by atoms with Crippen molar-refractivity contribution in [2.45, 2.75) is 19.9 Å². The number of nitrogens with two attached hydrogens (primary N) is 1. The molecular formula is C11H13ClN4S. The van der Waals surface area contributed by atoms with Gasteiger partial charge in [0, 0.05) is 10.9 Å². The van der Waals surface area contributed by atoms with Gasteiger partial charge in [0.1, 0.15) is 11.0 Å². The summed E-state index contributed by atoms with van der Waals surface area (Å²) in [6.07, 6.45) is 1.03. The van der Waals surface area contributed by atoms with Crippen LogP contribution in [0.2, 0.25) is 5.15 Å². The summed E-state index contributed by atoms with van der Waals surface area (Å²) in [6.45, 7) is 2.87. The van der Waals surface area contributed by atoms with E-state index in [1.807, 2.05) is 0 Å². The van der Waals surface area contributed by atoms with Gasteiger partial charge in [-0.15, -0.1) is 11.3 Å². The van der Waals surface area contributed by atoms with Gasteiger partial charge in [-0.1, -0.05) is 18.5 Å². The van der Waals surface area contributed by atoms with Crippen molar-refractivity contribution in [1.29, 1.82) is 0 Å². The Hall–Kier alpha value is -1.33. The van der Waals surface area contributed by atoms with Gasteiger partial charge in [0.05, 0.1) is 6.54 Å². The standard InChI is InChI=1S/C11H13ClN4S/c1-2-7-3-4-17-8(7)6-14-10-5-9(12)15-11(13)16-10/h3-5H,2,6H2,1H3,(H3,13,14,15,16). The van der Waals surface area contributed by atoms with E-state index in [9.17, 15) is 0 Å². The van der Waals surface area contributed by atoms with Crippen LogP contribution in [0.15, 0.2) is 17.5 Å². The summed E-state index contributed by atoms with van der Waals surface area (Å²) in [5.41, 5.74) is 6.88. The van der Waals surface area contributed by atoms with Crippen molar-refractivity contribution in [3.05, 3.63) is 33.1 Å². The van der Waals surface area contributed by atoms with Crippen molar-refractivity contribution < 1.29 is 0 Å². The van der Waals surface area contributed by atoms with Gasteiger partial charge in [-0.3, -0.25) is 0 Å². The van der Waals surface area contributed by atoms with Crippen molar-refractivity contribution in [1.82, 2.24) is 9.97 Å². The summed E-state index contributed by atoms with van der Waals surface area (Å²) in [7, 11) is 0. The summed E-state index contributed by atoms with van der Waals surface area (Å²) in [6, 6.07) is 3.81.